The summed E-state index contributed by atoms with van der Waals surface area (Å²) in [5, 5.41) is 0. The second-order valence-electron chi connectivity index (χ2n) is 13.4. The van der Waals surface area contributed by atoms with E-state index >= 15 is 4.79 Å². The fourth-order valence-corrected chi connectivity index (χ4v) is 7.58. The van der Waals surface area contributed by atoms with Crippen molar-refractivity contribution in [2.45, 2.75) is 77.2 Å². The van der Waals surface area contributed by atoms with Gasteiger partial charge in [-0.1, -0.05) is 118 Å². The number of carbonyl (C=O) groups is 3. The molecule has 1 aliphatic heterocycles. The van der Waals surface area contributed by atoms with E-state index in [1.54, 1.807) is 21.9 Å². The van der Waals surface area contributed by atoms with E-state index in [4.69, 9.17) is 9.15 Å². The van der Waals surface area contributed by atoms with Crippen LogP contribution in [0.5, 0.6) is 0 Å². The van der Waals surface area contributed by atoms with Crippen LogP contribution in [0.2, 0.25) is 0 Å². The summed E-state index contributed by atoms with van der Waals surface area (Å²) < 4.78 is 12.1. The molecule has 1 saturated heterocycles. The Kier molecular flexibility index (Phi) is 9.62. The molecule has 3 aromatic carbocycles. The molecular formula is C40H44N2O5. The first kappa shape index (κ1) is 32.3. The maximum atomic E-state index is 15.1. The molecule has 47 heavy (non-hydrogen) atoms. The lowest BCUT2D eigenvalue weighted by atomic mass is 9.75. The van der Waals surface area contributed by atoms with Crippen molar-refractivity contribution in [3.05, 3.63) is 132 Å². The lowest BCUT2D eigenvalue weighted by molar-refractivity contribution is -0.161. The third kappa shape index (κ3) is 6.49. The minimum Gasteiger partial charge on any atom is -0.461 e. The molecule has 1 aliphatic carbocycles. The summed E-state index contributed by atoms with van der Waals surface area (Å²) in [5.41, 5.74) is 2.50. The Bertz CT molecular complexity index is 1600. The van der Waals surface area contributed by atoms with Crippen molar-refractivity contribution in [3.8, 4) is 0 Å². The molecule has 2 fully saturated rings. The van der Waals surface area contributed by atoms with E-state index in [9.17, 15) is 9.59 Å². The standard InChI is InChI=1S/C40H44N2O5/c1-26(2)32-23-22-27(3)25-34(32)47-39(44)37-36(38(43)33-21-14-24-46-33)42(40(45)41(37)28(4)29-15-8-5-9-16-29)35(30-17-10-6-11-18-30)31-19-12-7-13-20-31/h5-21,24,26-28,32,34-37H,22-23,25H2,1-4H3. The molecular weight excluding hydrogens is 588 g/mol. The minimum atomic E-state index is -1.21. The number of Topliss-reactive ketones (excluding diaryl/α,β-unsaturated/α-hetero) is 1. The molecule has 6 rings (SSSR count). The van der Waals surface area contributed by atoms with Crippen molar-refractivity contribution in [1.82, 2.24) is 9.80 Å². The fourth-order valence-electron chi connectivity index (χ4n) is 7.58. The summed E-state index contributed by atoms with van der Waals surface area (Å²) in [4.78, 5) is 47.7. The number of urea groups is 1. The Balaban J connectivity index is 1.52. The Labute approximate surface area is 277 Å². The van der Waals surface area contributed by atoms with Crippen molar-refractivity contribution in [1.29, 1.82) is 0 Å². The van der Waals surface area contributed by atoms with Crippen LogP contribution >= 0.6 is 0 Å². The Morgan fingerprint density at radius 1 is 0.745 bits per heavy atom. The topological polar surface area (TPSA) is 80.1 Å². The number of carbonyl (C=O) groups excluding carboxylic acids is 3. The highest BCUT2D eigenvalue weighted by atomic mass is 16.5. The van der Waals surface area contributed by atoms with Crippen LogP contribution in [-0.4, -0.2) is 45.8 Å². The fraction of sp³-hybridized carbons (Fsp3) is 0.375. The third-order valence-corrected chi connectivity index (χ3v) is 10.1. The predicted molar refractivity (Wildman–Crippen MR) is 180 cm³/mol. The molecule has 2 aliphatic rings. The van der Waals surface area contributed by atoms with Gasteiger partial charge in [-0.05, 0) is 66.3 Å². The van der Waals surface area contributed by atoms with Crippen molar-refractivity contribution in [3.63, 3.8) is 0 Å². The van der Waals surface area contributed by atoms with Crippen LogP contribution < -0.4 is 0 Å². The number of rotatable bonds is 10. The zero-order valence-corrected chi connectivity index (χ0v) is 27.6. The average molecular weight is 633 g/mol. The van der Waals surface area contributed by atoms with Gasteiger partial charge in [-0.2, -0.15) is 0 Å². The summed E-state index contributed by atoms with van der Waals surface area (Å²) in [6, 6.07) is 28.2. The lowest BCUT2D eigenvalue weighted by Gasteiger charge is -2.38. The SMILES string of the molecule is CC1CCC(C(C)C)C(OC(=O)C2C(C(=O)c3ccco3)N(C(c3ccccc3)c3ccccc3)C(=O)N2C(C)c2ccccc2)C1. The van der Waals surface area contributed by atoms with Gasteiger partial charge in [0.05, 0.1) is 18.3 Å². The van der Waals surface area contributed by atoms with Gasteiger partial charge in [0.2, 0.25) is 5.78 Å². The van der Waals surface area contributed by atoms with Crippen LogP contribution in [0.25, 0.3) is 0 Å². The highest BCUT2D eigenvalue weighted by Crippen LogP contribution is 2.43. The highest BCUT2D eigenvalue weighted by Gasteiger charge is 2.58. The molecule has 7 heteroatoms. The maximum Gasteiger partial charge on any atom is 0.331 e. The molecule has 1 aromatic heterocycles. The zero-order chi connectivity index (χ0) is 33.1. The van der Waals surface area contributed by atoms with Gasteiger partial charge in [0, 0.05) is 0 Å². The lowest BCUT2D eigenvalue weighted by Crippen LogP contribution is -2.51. The van der Waals surface area contributed by atoms with E-state index in [1.165, 1.54) is 6.26 Å². The monoisotopic (exact) mass is 632 g/mol. The van der Waals surface area contributed by atoms with Crippen molar-refractivity contribution in [2.75, 3.05) is 0 Å². The van der Waals surface area contributed by atoms with E-state index in [0.717, 1.165) is 36.0 Å². The van der Waals surface area contributed by atoms with Gasteiger partial charge in [-0.15, -0.1) is 0 Å². The van der Waals surface area contributed by atoms with Crippen LogP contribution in [0.1, 0.15) is 86.3 Å². The van der Waals surface area contributed by atoms with E-state index in [1.807, 2.05) is 97.9 Å². The predicted octanol–water partition coefficient (Wildman–Crippen LogP) is 8.49. The van der Waals surface area contributed by atoms with Crippen molar-refractivity contribution in [2.24, 2.45) is 17.8 Å². The first-order valence-electron chi connectivity index (χ1n) is 16.8. The number of esters is 1. The molecule has 0 bridgehead atoms. The number of amides is 2. The van der Waals surface area contributed by atoms with E-state index < -0.39 is 42.0 Å². The number of hydrogen-bond acceptors (Lipinski definition) is 5. The van der Waals surface area contributed by atoms with E-state index in [-0.39, 0.29) is 17.8 Å². The summed E-state index contributed by atoms with van der Waals surface area (Å²) >= 11 is 0. The second-order valence-corrected chi connectivity index (χ2v) is 13.4. The van der Waals surface area contributed by atoms with Gasteiger partial charge >= 0.3 is 12.0 Å². The van der Waals surface area contributed by atoms with Gasteiger partial charge in [0.15, 0.2) is 11.8 Å². The largest absolute Gasteiger partial charge is 0.461 e. The van der Waals surface area contributed by atoms with Gasteiger partial charge in [-0.3, -0.25) is 4.79 Å². The minimum absolute atomic E-state index is 0.0889. The van der Waals surface area contributed by atoms with Crippen LogP contribution in [0.15, 0.2) is 114 Å². The maximum absolute atomic E-state index is 15.1. The molecule has 0 radical (unpaired) electrons. The molecule has 0 N–H and O–H groups in total. The normalized spacial score (nSPS) is 23.7. The molecule has 2 heterocycles. The van der Waals surface area contributed by atoms with Crippen molar-refractivity contribution < 1.29 is 23.5 Å². The quantitative estimate of drug-likeness (QED) is 0.129. The van der Waals surface area contributed by atoms with Crippen LogP contribution in [0.3, 0.4) is 0 Å². The summed E-state index contributed by atoms with van der Waals surface area (Å²) in [5.74, 6) is 0.0166. The van der Waals surface area contributed by atoms with Gasteiger partial charge in [0.1, 0.15) is 12.1 Å². The smallest absolute Gasteiger partial charge is 0.331 e. The summed E-state index contributed by atoms with van der Waals surface area (Å²) in [6.07, 6.45) is 3.94. The van der Waals surface area contributed by atoms with Crippen molar-refractivity contribution >= 4 is 17.8 Å². The van der Waals surface area contributed by atoms with Crippen LogP contribution in [0.4, 0.5) is 4.79 Å². The molecule has 244 valence electrons. The Morgan fingerprint density at radius 3 is 1.85 bits per heavy atom. The Morgan fingerprint density at radius 2 is 1.32 bits per heavy atom. The Hall–Kier alpha value is -4.65. The van der Waals surface area contributed by atoms with Gasteiger partial charge in [-0.25, -0.2) is 9.59 Å². The van der Waals surface area contributed by atoms with E-state index in [2.05, 4.69) is 20.8 Å². The first-order valence-corrected chi connectivity index (χ1v) is 16.8. The number of nitrogens with zero attached hydrogens (tertiary/aromatic N) is 2. The molecule has 7 nitrogen and oxygen atoms in total. The molecule has 6 atom stereocenters. The van der Waals surface area contributed by atoms with Crippen LogP contribution in [-0.2, 0) is 9.53 Å². The average Bonchev–Trinajstić information content (AvgIpc) is 3.73. The molecule has 6 unspecified atom stereocenters. The number of hydrogen-bond donors (Lipinski definition) is 0. The van der Waals surface area contributed by atoms with Crippen LogP contribution in [0, 0.1) is 17.8 Å². The third-order valence-electron chi connectivity index (χ3n) is 10.1. The highest BCUT2D eigenvalue weighted by molar-refractivity contribution is 6.06. The number of furan rings is 1. The summed E-state index contributed by atoms with van der Waals surface area (Å²) in [7, 11) is 0. The van der Waals surface area contributed by atoms with Gasteiger partial charge in [0.25, 0.3) is 0 Å². The molecule has 2 amide bonds. The molecule has 4 aromatic rings. The second kappa shape index (κ2) is 14.0. The summed E-state index contributed by atoms with van der Waals surface area (Å²) in [6.45, 7) is 8.43. The molecule has 1 saturated carbocycles. The van der Waals surface area contributed by atoms with Gasteiger partial charge < -0.3 is 19.0 Å². The number of ketones is 1. The number of ether oxygens (including phenoxy) is 1. The molecule has 0 spiro atoms. The number of benzene rings is 3. The zero-order valence-electron chi connectivity index (χ0n) is 27.6. The van der Waals surface area contributed by atoms with E-state index in [0.29, 0.717) is 11.8 Å². The first-order chi connectivity index (χ1) is 22.8.